The molecule has 27 heavy (non-hydrogen) atoms. The van der Waals surface area contributed by atoms with Crippen LogP contribution < -0.4 is 14.8 Å². The van der Waals surface area contributed by atoms with Crippen LogP contribution >= 0.6 is 0 Å². The number of nitriles is 1. The molecular formula is C22H26N2O3. The Morgan fingerprint density at radius 1 is 1.00 bits per heavy atom. The quantitative estimate of drug-likeness (QED) is 0.556. The van der Waals surface area contributed by atoms with Gasteiger partial charge in [0.05, 0.1) is 6.61 Å². The van der Waals surface area contributed by atoms with Gasteiger partial charge in [0.1, 0.15) is 17.6 Å². The van der Waals surface area contributed by atoms with Gasteiger partial charge in [0, 0.05) is 17.3 Å². The second-order valence-corrected chi connectivity index (χ2v) is 6.22. The van der Waals surface area contributed by atoms with Crippen LogP contribution in [0.3, 0.4) is 0 Å². The average Bonchev–Trinajstić information content (AvgIpc) is 2.69. The number of rotatable bonds is 11. The first-order valence-electron chi connectivity index (χ1n) is 9.37. The molecule has 2 rings (SSSR count). The van der Waals surface area contributed by atoms with Crippen molar-refractivity contribution in [3.63, 3.8) is 0 Å². The maximum absolute atomic E-state index is 12.5. The molecule has 0 spiro atoms. The van der Waals surface area contributed by atoms with Crippen LogP contribution in [-0.2, 0) is 0 Å². The first-order valence-corrected chi connectivity index (χ1v) is 9.37. The lowest BCUT2D eigenvalue weighted by Gasteiger charge is -2.10. The summed E-state index contributed by atoms with van der Waals surface area (Å²) in [6, 6.07) is 16.0. The van der Waals surface area contributed by atoms with Crippen LogP contribution in [0.1, 0.15) is 49.4 Å². The Morgan fingerprint density at radius 2 is 1.74 bits per heavy atom. The molecule has 0 unspecified atom stereocenters. The van der Waals surface area contributed by atoms with Crippen molar-refractivity contribution in [2.24, 2.45) is 0 Å². The molecule has 0 heterocycles. The van der Waals surface area contributed by atoms with Gasteiger partial charge in [0.25, 0.3) is 5.91 Å². The summed E-state index contributed by atoms with van der Waals surface area (Å²) in [6.45, 7) is 2.82. The number of unbranched alkanes of at least 4 members (excludes halogenated alkanes) is 4. The standard InChI is InChI=1S/C22H26N2O3/c1-2-3-4-5-6-14-26-20-11-7-9-18(16-20)22(25)24-19-10-8-12-21(17-19)27-15-13-23/h7-12,16-17H,2-6,14-15H2,1H3,(H,24,25). The molecule has 0 radical (unpaired) electrons. The van der Waals surface area contributed by atoms with Crippen LogP contribution in [0, 0.1) is 11.3 Å². The number of benzene rings is 2. The molecular weight excluding hydrogens is 340 g/mol. The monoisotopic (exact) mass is 366 g/mol. The Kier molecular flexibility index (Phi) is 8.72. The van der Waals surface area contributed by atoms with Crippen molar-refractivity contribution in [2.45, 2.75) is 39.0 Å². The van der Waals surface area contributed by atoms with Gasteiger partial charge < -0.3 is 14.8 Å². The molecule has 5 heteroatoms. The molecule has 142 valence electrons. The molecule has 5 nitrogen and oxygen atoms in total. The second kappa shape index (κ2) is 11.6. The van der Waals surface area contributed by atoms with E-state index >= 15 is 0 Å². The van der Waals surface area contributed by atoms with Crippen molar-refractivity contribution < 1.29 is 14.3 Å². The van der Waals surface area contributed by atoms with Crippen molar-refractivity contribution >= 4 is 11.6 Å². The fourth-order valence-electron chi connectivity index (χ4n) is 2.61. The number of anilines is 1. The van der Waals surface area contributed by atoms with Crippen LogP contribution in [0.2, 0.25) is 0 Å². The SMILES string of the molecule is CCCCCCCOc1cccc(C(=O)Nc2cccc(OCC#N)c2)c1. The van der Waals surface area contributed by atoms with Gasteiger partial charge in [0.2, 0.25) is 0 Å². The zero-order valence-electron chi connectivity index (χ0n) is 15.7. The molecule has 1 amide bonds. The minimum atomic E-state index is -0.221. The highest BCUT2D eigenvalue weighted by Crippen LogP contribution is 2.19. The zero-order valence-corrected chi connectivity index (χ0v) is 15.7. The van der Waals surface area contributed by atoms with Crippen molar-refractivity contribution in [1.29, 1.82) is 5.26 Å². The summed E-state index contributed by atoms with van der Waals surface area (Å²) in [7, 11) is 0. The first-order chi connectivity index (χ1) is 13.2. The fourth-order valence-corrected chi connectivity index (χ4v) is 2.61. The third kappa shape index (κ3) is 7.41. The van der Waals surface area contributed by atoms with Crippen LogP contribution in [-0.4, -0.2) is 19.1 Å². The van der Waals surface area contributed by atoms with Gasteiger partial charge in [-0.05, 0) is 36.8 Å². The highest BCUT2D eigenvalue weighted by Gasteiger charge is 2.08. The lowest BCUT2D eigenvalue weighted by molar-refractivity contribution is 0.102. The Hall–Kier alpha value is -3.00. The highest BCUT2D eigenvalue weighted by atomic mass is 16.5. The molecule has 0 aliphatic heterocycles. The van der Waals surface area contributed by atoms with E-state index in [1.807, 2.05) is 18.2 Å². The molecule has 0 atom stereocenters. The van der Waals surface area contributed by atoms with Crippen molar-refractivity contribution in [3.8, 4) is 17.6 Å². The summed E-state index contributed by atoms with van der Waals surface area (Å²) in [5.74, 6) is 1.01. The maximum atomic E-state index is 12.5. The van der Waals surface area contributed by atoms with E-state index in [0.29, 0.717) is 29.4 Å². The van der Waals surface area contributed by atoms with E-state index in [1.165, 1.54) is 19.3 Å². The first kappa shape index (κ1) is 20.3. The largest absolute Gasteiger partial charge is 0.494 e. The second-order valence-electron chi connectivity index (χ2n) is 6.22. The van der Waals surface area contributed by atoms with Gasteiger partial charge in [-0.1, -0.05) is 44.7 Å². The normalized spacial score (nSPS) is 10.1. The van der Waals surface area contributed by atoms with Crippen LogP contribution in [0.25, 0.3) is 0 Å². The average molecular weight is 366 g/mol. The van der Waals surface area contributed by atoms with Gasteiger partial charge in [0.15, 0.2) is 6.61 Å². The number of nitrogens with one attached hydrogen (secondary N) is 1. The zero-order chi connectivity index (χ0) is 19.3. The van der Waals surface area contributed by atoms with E-state index in [1.54, 1.807) is 36.4 Å². The number of carbonyl (C=O) groups is 1. The van der Waals surface area contributed by atoms with E-state index in [9.17, 15) is 4.79 Å². The Morgan fingerprint density at radius 3 is 2.52 bits per heavy atom. The number of hydrogen-bond donors (Lipinski definition) is 1. The maximum Gasteiger partial charge on any atom is 0.255 e. The summed E-state index contributed by atoms with van der Waals surface area (Å²) in [4.78, 5) is 12.5. The number of carbonyl (C=O) groups excluding carboxylic acids is 1. The minimum Gasteiger partial charge on any atom is -0.494 e. The fraction of sp³-hybridized carbons (Fsp3) is 0.364. The molecule has 0 saturated heterocycles. The number of ether oxygens (including phenoxy) is 2. The molecule has 2 aromatic carbocycles. The molecule has 0 saturated carbocycles. The molecule has 0 bridgehead atoms. The number of hydrogen-bond acceptors (Lipinski definition) is 4. The molecule has 0 aliphatic carbocycles. The third-order valence-corrected chi connectivity index (χ3v) is 4.01. The van der Waals surface area contributed by atoms with E-state index in [0.717, 1.165) is 12.8 Å². The minimum absolute atomic E-state index is 0.0325. The van der Waals surface area contributed by atoms with Gasteiger partial charge in [-0.25, -0.2) is 0 Å². The smallest absolute Gasteiger partial charge is 0.255 e. The van der Waals surface area contributed by atoms with E-state index in [-0.39, 0.29) is 12.5 Å². The van der Waals surface area contributed by atoms with Crippen molar-refractivity contribution in [1.82, 2.24) is 0 Å². The summed E-state index contributed by atoms with van der Waals surface area (Å²) < 4.78 is 11.0. The number of nitrogens with zero attached hydrogens (tertiary/aromatic N) is 1. The Bertz CT molecular complexity index is 768. The summed E-state index contributed by atoms with van der Waals surface area (Å²) in [5.41, 5.74) is 1.14. The molecule has 0 aromatic heterocycles. The number of amides is 1. The lowest BCUT2D eigenvalue weighted by atomic mass is 10.1. The van der Waals surface area contributed by atoms with Gasteiger partial charge in [-0.3, -0.25) is 4.79 Å². The van der Waals surface area contributed by atoms with Crippen molar-refractivity contribution in [2.75, 3.05) is 18.5 Å². The predicted molar refractivity (Wildman–Crippen MR) is 106 cm³/mol. The molecule has 0 aliphatic rings. The van der Waals surface area contributed by atoms with Gasteiger partial charge in [-0.15, -0.1) is 0 Å². The van der Waals surface area contributed by atoms with E-state index in [2.05, 4.69) is 12.2 Å². The Labute approximate surface area is 160 Å². The predicted octanol–water partition coefficient (Wildman–Crippen LogP) is 5.19. The highest BCUT2D eigenvalue weighted by molar-refractivity contribution is 6.04. The van der Waals surface area contributed by atoms with E-state index in [4.69, 9.17) is 14.7 Å². The summed E-state index contributed by atoms with van der Waals surface area (Å²) in [5, 5.41) is 11.4. The van der Waals surface area contributed by atoms with Gasteiger partial charge in [-0.2, -0.15) is 5.26 Å². The van der Waals surface area contributed by atoms with E-state index < -0.39 is 0 Å². The van der Waals surface area contributed by atoms with Crippen LogP contribution in [0.4, 0.5) is 5.69 Å². The van der Waals surface area contributed by atoms with Crippen molar-refractivity contribution in [3.05, 3.63) is 54.1 Å². The van der Waals surface area contributed by atoms with Crippen LogP contribution in [0.5, 0.6) is 11.5 Å². The molecule has 1 N–H and O–H groups in total. The summed E-state index contributed by atoms with van der Waals surface area (Å²) in [6.07, 6.45) is 5.91. The van der Waals surface area contributed by atoms with Crippen LogP contribution in [0.15, 0.2) is 48.5 Å². The molecule has 0 fully saturated rings. The third-order valence-electron chi connectivity index (χ3n) is 4.01. The topological polar surface area (TPSA) is 71.3 Å². The van der Waals surface area contributed by atoms with Gasteiger partial charge >= 0.3 is 0 Å². The lowest BCUT2D eigenvalue weighted by Crippen LogP contribution is -2.12. The Balaban J connectivity index is 1.88. The molecule has 2 aromatic rings. The summed E-state index contributed by atoms with van der Waals surface area (Å²) >= 11 is 0.